The van der Waals surface area contributed by atoms with Gasteiger partial charge < -0.3 is 5.32 Å². The first-order chi connectivity index (χ1) is 8.79. The van der Waals surface area contributed by atoms with E-state index in [2.05, 4.69) is 17.2 Å². The summed E-state index contributed by atoms with van der Waals surface area (Å²) in [7, 11) is 0. The number of nitrogens with zero attached hydrogens (tertiary/aromatic N) is 1. The lowest BCUT2D eigenvalue weighted by Crippen LogP contribution is -2.20. The van der Waals surface area contributed by atoms with Crippen molar-refractivity contribution in [3.63, 3.8) is 0 Å². The maximum absolute atomic E-state index is 6.21. The van der Waals surface area contributed by atoms with Crippen LogP contribution in [0.2, 0.25) is 5.02 Å². The van der Waals surface area contributed by atoms with Crippen LogP contribution in [0.25, 0.3) is 10.9 Å². The lowest BCUT2D eigenvalue weighted by Gasteiger charge is -2.19. The molecule has 1 fully saturated rings. The van der Waals surface area contributed by atoms with Gasteiger partial charge >= 0.3 is 0 Å². The molecule has 94 valence electrons. The molecule has 18 heavy (non-hydrogen) atoms. The number of benzene rings is 1. The fraction of sp³-hybridized carbons (Fsp3) is 0.400. The molecule has 1 aliphatic carbocycles. The first kappa shape index (κ1) is 11.8. The molecule has 0 spiro atoms. The van der Waals surface area contributed by atoms with Crippen molar-refractivity contribution >= 4 is 28.2 Å². The van der Waals surface area contributed by atoms with Crippen LogP contribution in [0.3, 0.4) is 0 Å². The Morgan fingerprint density at radius 1 is 1.39 bits per heavy atom. The Morgan fingerprint density at radius 2 is 2.22 bits per heavy atom. The third-order valence-corrected chi connectivity index (χ3v) is 4.02. The summed E-state index contributed by atoms with van der Waals surface area (Å²) < 4.78 is 0. The third kappa shape index (κ3) is 2.17. The highest BCUT2D eigenvalue weighted by atomic mass is 35.5. The molecule has 1 aliphatic rings. The fourth-order valence-electron chi connectivity index (χ4n) is 2.51. The minimum Gasteiger partial charge on any atom is -0.380 e. The summed E-state index contributed by atoms with van der Waals surface area (Å²) >= 11 is 6.21. The van der Waals surface area contributed by atoms with Crippen LogP contribution in [0, 0.1) is 5.92 Å². The standard InChI is InChI=1S/C15H17ClN2/c1-2-13(10-5-6-10)18-14-8-7-12(16)11-4-3-9-17-15(11)14/h3-4,7-10,13,18H,2,5-6H2,1H3. The number of pyridine rings is 1. The zero-order chi connectivity index (χ0) is 12.5. The van der Waals surface area contributed by atoms with E-state index in [-0.39, 0.29) is 0 Å². The van der Waals surface area contributed by atoms with Gasteiger partial charge in [0.1, 0.15) is 0 Å². The number of hydrogen-bond acceptors (Lipinski definition) is 2. The first-order valence-electron chi connectivity index (χ1n) is 6.59. The average molecular weight is 261 g/mol. The number of rotatable bonds is 4. The van der Waals surface area contributed by atoms with Crippen molar-refractivity contribution in [2.75, 3.05) is 5.32 Å². The van der Waals surface area contributed by atoms with Gasteiger partial charge in [-0.25, -0.2) is 0 Å². The van der Waals surface area contributed by atoms with Gasteiger partial charge in [0.05, 0.1) is 16.2 Å². The molecule has 3 heteroatoms. The number of hydrogen-bond donors (Lipinski definition) is 1. The largest absolute Gasteiger partial charge is 0.380 e. The Kier molecular flexibility index (Phi) is 3.13. The highest BCUT2D eigenvalue weighted by molar-refractivity contribution is 6.35. The molecular weight excluding hydrogens is 244 g/mol. The second-order valence-corrected chi connectivity index (χ2v) is 5.40. The van der Waals surface area contributed by atoms with Crippen LogP contribution < -0.4 is 5.32 Å². The van der Waals surface area contributed by atoms with E-state index in [1.54, 1.807) is 0 Å². The number of aromatic nitrogens is 1. The first-order valence-corrected chi connectivity index (χ1v) is 6.97. The SMILES string of the molecule is CCC(Nc1ccc(Cl)c2cccnc12)C1CC1. The van der Waals surface area contributed by atoms with Crippen LogP contribution in [0.1, 0.15) is 26.2 Å². The molecule has 1 saturated carbocycles. The Bertz CT molecular complexity index is 563. The molecule has 1 aromatic carbocycles. The molecule has 2 aromatic rings. The van der Waals surface area contributed by atoms with E-state index >= 15 is 0 Å². The van der Waals surface area contributed by atoms with Crippen LogP contribution in [-0.4, -0.2) is 11.0 Å². The second-order valence-electron chi connectivity index (χ2n) is 4.99. The second kappa shape index (κ2) is 4.77. The van der Waals surface area contributed by atoms with Gasteiger partial charge in [0, 0.05) is 17.6 Å². The smallest absolute Gasteiger partial charge is 0.0948 e. The number of fused-ring (bicyclic) bond motifs is 1. The van der Waals surface area contributed by atoms with Crippen molar-refractivity contribution in [2.45, 2.75) is 32.2 Å². The molecule has 1 heterocycles. The van der Waals surface area contributed by atoms with Gasteiger partial charge in [0.2, 0.25) is 0 Å². The van der Waals surface area contributed by atoms with Gasteiger partial charge in [-0.3, -0.25) is 4.98 Å². The van der Waals surface area contributed by atoms with Crippen molar-refractivity contribution in [3.8, 4) is 0 Å². The monoisotopic (exact) mass is 260 g/mol. The van der Waals surface area contributed by atoms with E-state index in [4.69, 9.17) is 11.6 Å². The zero-order valence-corrected chi connectivity index (χ0v) is 11.2. The summed E-state index contributed by atoms with van der Waals surface area (Å²) in [6.07, 6.45) is 5.68. The Balaban J connectivity index is 1.98. The van der Waals surface area contributed by atoms with Crippen molar-refractivity contribution in [1.82, 2.24) is 4.98 Å². The van der Waals surface area contributed by atoms with Crippen molar-refractivity contribution < 1.29 is 0 Å². The number of anilines is 1. The maximum atomic E-state index is 6.21. The normalized spacial score (nSPS) is 16.8. The number of halogens is 1. The van der Waals surface area contributed by atoms with E-state index < -0.39 is 0 Å². The predicted molar refractivity (Wildman–Crippen MR) is 77.2 cm³/mol. The Morgan fingerprint density at radius 3 is 2.94 bits per heavy atom. The third-order valence-electron chi connectivity index (χ3n) is 3.69. The van der Waals surface area contributed by atoms with Crippen molar-refractivity contribution in [2.24, 2.45) is 5.92 Å². The molecule has 0 bridgehead atoms. The molecule has 1 aromatic heterocycles. The van der Waals surface area contributed by atoms with Crippen LogP contribution >= 0.6 is 11.6 Å². The quantitative estimate of drug-likeness (QED) is 0.876. The van der Waals surface area contributed by atoms with Gasteiger partial charge in [-0.1, -0.05) is 18.5 Å². The van der Waals surface area contributed by atoms with Crippen molar-refractivity contribution in [3.05, 3.63) is 35.5 Å². The molecular formula is C15H17ClN2. The summed E-state index contributed by atoms with van der Waals surface area (Å²) in [6, 6.07) is 8.51. The lowest BCUT2D eigenvalue weighted by molar-refractivity contribution is 0.617. The average Bonchev–Trinajstić information content (AvgIpc) is 3.23. The minimum atomic E-state index is 0.566. The van der Waals surface area contributed by atoms with Gasteiger partial charge in [-0.2, -0.15) is 0 Å². The van der Waals surface area contributed by atoms with Gasteiger partial charge in [-0.15, -0.1) is 0 Å². The highest BCUT2D eigenvalue weighted by Gasteiger charge is 2.30. The van der Waals surface area contributed by atoms with Crippen molar-refractivity contribution in [1.29, 1.82) is 0 Å². The molecule has 0 saturated heterocycles. The van der Waals surface area contributed by atoms with Crippen LogP contribution in [0.15, 0.2) is 30.5 Å². The molecule has 1 unspecified atom stereocenters. The highest BCUT2D eigenvalue weighted by Crippen LogP contribution is 2.37. The number of nitrogens with one attached hydrogen (secondary N) is 1. The van der Waals surface area contributed by atoms with Gasteiger partial charge in [-0.05, 0) is 49.4 Å². The molecule has 0 aliphatic heterocycles. The molecule has 0 amide bonds. The predicted octanol–water partition coefficient (Wildman–Crippen LogP) is 4.49. The fourth-order valence-corrected chi connectivity index (χ4v) is 2.72. The molecule has 1 N–H and O–H groups in total. The molecule has 0 radical (unpaired) electrons. The molecule has 1 atom stereocenters. The lowest BCUT2D eigenvalue weighted by atomic mass is 10.1. The van der Waals surface area contributed by atoms with Gasteiger partial charge in [0.15, 0.2) is 0 Å². The zero-order valence-electron chi connectivity index (χ0n) is 10.5. The van der Waals surface area contributed by atoms with Gasteiger partial charge in [0.25, 0.3) is 0 Å². The van der Waals surface area contributed by atoms with E-state index in [1.165, 1.54) is 12.8 Å². The summed E-state index contributed by atoms with van der Waals surface area (Å²) in [5.41, 5.74) is 2.08. The minimum absolute atomic E-state index is 0.566. The van der Waals surface area contributed by atoms with Crippen LogP contribution in [0.4, 0.5) is 5.69 Å². The van der Waals surface area contributed by atoms with E-state index in [0.29, 0.717) is 6.04 Å². The Hall–Kier alpha value is -1.28. The topological polar surface area (TPSA) is 24.9 Å². The van der Waals surface area contributed by atoms with E-state index in [0.717, 1.165) is 34.0 Å². The summed E-state index contributed by atoms with van der Waals surface area (Å²) in [5, 5.41) is 5.43. The molecule has 3 rings (SSSR count). The van der Waals surface area contributed by atoms with E-state index in [9.17, 15) is 0 Å². The Labute approximate surface area is 112 Å². The summed E-state index contributed by atoms with van der Waals surface area (Å²) in [6.45, 7) is 2.24. The van der Waals surface area contributed by atoms with E-state index in [1.807, 2.05) is 30.5 Å². The maximum Gasteiger partial charge on any atom is 0.0948 e. The van der Waals surface area contributed by atoms with Crippen LogP contribution in [-0.2, 0) is 0 Å². The summed E-state index contributed by atoms with van der Waals surface area (Å²) in [5.74, 6) is 0.837. The van der Waals surface area contributed by atoms with Crippen LogP contribution in [0.5, 0.6) is 0 Å². The summed E-state index contributed by atoms with van der Waals surface area (Å²) in [4.78, 5) is 4.46. The molecule has 2 nitrogen and oxygen atoms in total.